The number of aliphatic carboxylic acids is 1. The number of rotatable bonds is 11. The Hall–Kier alpha value is -1.53. The Morgan fingerprint density at radius 3 is 2.48 bits per heavy atom. The van der Waals surface area contributed by atoms with Crippen LogP contribution in [-0.4, -0.2) is 22.3 Å². The van der Waals surface area contributed by atoms with Crippen molar-refractivity contribution < 1.29 is 15.0 Å². The normalized spacial score (nSPS) is 12.5. The first kappa shape index (κ1) is 19.5. The fourth-order valence-corrected chi connectivity index (χ4v) is 1.82. The van der Waals surface area contributed by atoms with E-state index in [1.54, 1.807) is 12.2 Å². The number of aliphatic hydroxyl groups is 1. The van der Waals surface area contributed by atoms with Gasteiger partial charge in [0, 0.05) is 6.42 Å². The van der Waals surface area contributed by atoms with Crippen molar-refractivity contribution in [2.45, 2.75) is 70.8 Å². The van der Waals surface area contributed by atoms with E-state index < -0.39 is 12.1 Å². The number of allylic oxidation sites excluding steroid dienone is 3. The topological polar surface area (TPSA) is 57.5 Å². The van der Waals surface area contributed by atoms with Crippen molar-refractivity contribution in [1.29, 1.82) is 0 Å². The quantitative estimate of drug-likeness (QED) is 0.445. The minimum absolute atomic E-state index is 0.261. The number of aliphatic hydroxyl groups excluding tert-OH is 1. The minimum atomic E-state index is -0.721. The van der Waals surface area contributed by atoms with Crippen molar-refractivity contribution in [3.8, 4) is 11.8 Å². The molecule has 118 valence electrons. The van der Waals surface area contributed by atoms with Crippen LogP contribution in [0.3, 0.4) is 0 Å². The molecule has 21 heavy (non-hydrogen) atoms. The van der Waals surface area contributed by atoms with Crippen LogP contribution in [0, 0.1) is 11.8 Å². The van der Waals surface area contributed by atoms with Gasteiger partial charge >= 0.3 is 5.97 Å². The van der Waals surface area contributed by atoms with Gasteiger partial charge in [-0.1, -0.05) is 56.9 Å². The second-order valence-electron chi connectivity index (χ2n) is 5.11. The van der Waals surface area contributed by atoms with Gasteiger partial charge in [0.1, 0.15) is 0 Å². The van der Waals surface area contributed by atoms with Crippen LogP contribution < -0.4 is 0 Å². The average Bonchev–Trinajstić information content (AvgIpc) is 2.45. The van der Waals surface area contributed by atoms with E-state index in [2.05, 4.69) is 18.8 Å². The molecule has 0 fully saturated rings. The Morgan fingerprint density at radius 1 is 1.10 bits per heavy atom. The molecule has 0 aromatic heterocycles. The summed E-state index contributed by atoms with van der Waals surface area (Å²) in [5, 5.41) is 18.2. The lowest BCUT2D eigenvalue weighted by molar-refractivity contribution is -0.137. The van der Waals surface area contributed by atoms with E-state index in [0.29, 0.717) is 0 Å². The van der Waals surface area contributed by atoms with E-state index >= 15 is 0 Å². The van der Waals surface area contributed by atoms with E-state index in [4.69, 9.17) is 5.11 Å². The number of hydrogen-bond acceptors (Lipinski definition) is 2. The first-order chi connectivity index (χ1) is 10.2. The molecule has 0 aliphatic heterocycles. The lowest BCUT2D eigenvalue weighted by atomic mass is 10.1. The van der Waals surface area contributed by atoms with Crippen LogP contribution >= 0.6 is 0 Å². The zero-order valence-corrected chi connectivity index (χ0v) is 13.1. The third-order valence-corrected chi connectivity index (χ3v) is 3.03. The van der Waals surface area contributed by atoms with Gasteiger partial charge in [0.05, 0.1) is 6.10 Å². The molecule has 0 aromatic carbocycles. The van der Waals surface area contributed by atoms with Gasteiger partial charge in [-0.3, -0.25) is 4.79 Å². The van der Waals surface area contributed by atoms with Crippen molar-refractivity contribution in [1.82, 2.24) is 0 Å². The fraction of sp³-hybridized carbons (Fsp3) is 0.611. The van der Waals surface area contributed by atoms with Crippen molar-refractivity contribution in [2.24, 2.45) is 0 Å². The molecule has 3 nitrogen and oxygen atoms in total. The summed E-state index contributed by atoms with van der Waals surface area (Å²) < 4.78 is 0. The molecular formula is C18H28O3. The smallest absolute Gasteiger partial charge is 0.303 e. The van der Waals surface area contributed by atoms with E-state index in [0.717, 1.165) is 51.4 Å². The molecule has 0 bridgehead atoms. The van der Waals surface area contributed by atoms with Gasteiger partial charge in [-0.15, -0.1) is 0 Å². The molecule has 0 rings (SSSR count). The van der Waals surface area contributed by atoms with Crippen molar-refractivity contribution >= 4 is 5.97 Å². The predicted molar refractivity (Wildman–Crippen MR) is 86.9 cm³/mol. The molecule has 0 saturated heterocycles. The number of unbranched alkanes of at least 4 members (excludes halogenated alkanes) is 5. The van der Waals surface area contributed by atoms with E-state index in [-0.39, 0.29) is 6.42 Å². The maximum atomic E-state index is 10.3. The summed E-state index contributed by atoms with van der Waals surface area (Å²) in [6, 6.07) is 0. The second kappa shape index (κ2) is 14.9. The molecule has 0 heterocycles. The fourth-order valence-electron chi connectivity index (χ4n) is 1.82. The molecule has 1 unspecified atom stereocenters. The van der Waals surface area contributed by atoms with Gasteiger partial charge in [-0.2, -0.15) is 0 Å². The zero-order valence-electron chi connectivity index (χ0n) is 13.1. The highest BCUT2D eigenvalue weighted by Gasteiger charge is 1.99. The maximum Gasteiger partial charge on any atom is 0.303 e. The Balaban J connectivity index is 3.53. The lowest BCUT2D eigenvalue weighted by Gasteiger charge is -2.04. The van der Waals surface area contributed by atoms with Gasteiger partial charge in [0.25, 0.3) is 0 Å². The molecule has 0 saturated carbocycles. The zero-order chi connectivity index (χ0) is 15.8. The summed E-state index contributed by atoms with van der Waals surface area (Å²) in [6.07, 6.45) is 14.8. The standard InChI is InChI=1S/C18H28O3/c1-2-3-4-5-6-8-11-14-17(19)15-12-9-7-10-13-16-18(20)21/h4-5,11,14,17,19H,2-3,7,9-10,12-13,15-16H2,1H3,(H,20,21)/b5-4+,14-11+. The van der Waals surface area contributed by atoms with E-state index in [9.17, 15) is 9.90 Å². The summed E-state index contributed by atoms with van der Waals surface area (Å²) in [6.45, 7) is 2.13. The van der Waals surface area contributed by atoms with Crippen LogP contribution in [0.4, 0.5) is 0 Å². The number of carbonyl (C=O) groups is 1. The summed E-state index contributed by atoms with van der Waals surface area (Å²) in [5.74, 6) is 5.05. The second-order valence-corrected chi connectivity index (χ2v) is 5.11. The highest BCUT2D eigenvalue weighted by atomic mass is 16.4. The minimum Gasteiger partial charge on any atom is -0.481 e. The first-order valence-corrected chi connectivity index (χ1v) is 7.89. The van der Waals surface area contributed by atoms with Crippen molar-refractivity contribution in [3.05, 3.63) is 24.3 Å². The molecule has 0 amide bonds. The number of carboxylic acid groups (broad SMARTS) is 1. The molecule has 0 aromatic rings. The summed E-state index contributed by atoms with van der Waals surface area (Å²) in [4.78, 5) is 10.3. The lowest BCUT2D eigenvalue weighted by Crippen LogP contribution is -2.01. The molecule has 0 radical (unpaired) electrons. The highest BCUT2D eigenvalue weighted by Crippen LogP contribution is 2.09. The van der Waals surface area contributed by atoms with Gasteiger partial charge in [0.15, 0.2) is 0 Å². The van der Waals surface area contributed by atoms with E-state index in [1.165, 1.54) is 0 Å². The van der Waals surface area contributed by atoms with E-state index in [1.807, 2.05) is 12.2 Å². The first-order valence-electron chi connectivity index (χ1n) is 7.89. The van der Waals surface area contributed by atoms with Crippen LogP contribution in [0.25, 0.3) is 0 Å². The maximum absolute atomic E-state index is 10.3. The summed E-state index contributed by atoms with van der Waals surface area (Å²) >= 11 is 0. The third kappa shape index (κ3) is 16.4. The molecule has 3 heteroatoms. The van der Waals surface area contributed by atoms with Crippen LogP contribution in [0.15, 0.2) is 24.3 Å². The molecule has 2 N–H and O–H groups in total. The Kier molecular flexibility index (Phi) is 13.8. The number of hydrogen-bond donors (Lipinski definition) is 2. The summed E-state index contributed by atoms with van der Waals surface area (Å²) in [7, 11) is 0. The van der Waals surface area contributed by atoms with Crippen LogP contribution in [-0.2, 0) is 4.79 Å². The highest BCUT2D eigenvalue weighted by molar-refractivity contribution is 5.66. The van der Waals surface area contributed by atoms with Crippen molar-refractivity contribution in [2.75, 3.05) is 0 Å². The van der Waals surface area contributed by atoms with Gasteiger partial charge in [-0.25, -0.2) is 0 Å². The molecule has 0 aliphatic rings. The Morgan fingerprint density at radius 2 is 1.76 bits per heavy atom. The molecule has 0 aliphatic carbocycles. The van der Waals surface area contributed by atoms with Crippen LogP contribution in [0.1, 0.15) is 64.7 Å². The van der Waals surface area contributed by atoms with Crippen molar-refractivity contribution in [3.63, 3.8) is 0 Å². The predicted octanol–water partition coefficient (Wildman–Crippen LogP) is 4.08. The molecule has 1 atom stereocenters. The van der Waals surface area contributed by atoms with Gasteiger partial charge in [0.2, 0.25) is 0 Å². The van der Waals surface area contributed by atoms with Gasteiger partial charge < -0.3 is 10.2 Å². The van der Waals surface area contributed by atoms with Gasteiger partial charge in [-0.05, 0) is 37.5 Å². The van der Waals surface area contributed by atoms with Crippen LogP contribution in [0.5, 0.6) is 0 Å². The molecular weight excluding hydrogens is 264 g/mol. The average molecular weight is 292 g/mol. The third-order valence-electron chi connectivity index (χ3n) is 3.03. The summed E-state index contributed by atoms with van der Waals surface area (Å²) in [5.41, 5.74) is 0. The number of carboxylic acids is 1. The largest absolute Gasteiger partial charge is 0.481 e. The Labute approximate surface area is 128 Å². The Bertz CT molecular complexity index is 372. The molecule has 0 spiro atoms. The monoisotopic (exact) mass is 292 g/mol. The SMILES string of the molecule is CCC/C=C/C#C/C=C/C(O)CCCCCCCC(=O)O. The van der Waals surface area contributed by atoms with Crippen LogP contribution in [0.2, 0.25) is 0 Å².